The molecule has 0 radical (unpaired) electrons. The van der Waals surface area contributed by atoms with Crippen molar-refractivity contribution in [3.05, 3.63) is 0 Å². The molecule has 1 fully saturated rings. The summed E-state index contributed by atoms with van der Waals surface area (Å²) >= 11 is 5.85. The Morgan fingerprint density at radius 3 is 2.33 bits per heavy atom. The fraction of sp³-hybridized carbons (Fsp3) is 0.917. The first-order valence-electron chi connectivity index (χ1n) is 5.90. The summed E-state index contributed by atoms with van der Waals surface area (Å²) in [6.45, 7) is 6.73. The van der Waals surface area contributed by atoms with E-state index >= 15 is 0 Å². The van der Waals surface area contributed by atoms with Gasteiger partial charge in [-0.15, -0.1) is 11.6 Å². The summed E-state index contributed by atoms with van der Waals surface area (Å²) in [6.07, 6.45) is 4.85. The molecule has 1 amide bonds. The van der Waals surface area contributed by atoms with Gasteiger partial charge in [0.2, 0.25) is 5.91 Å². The maximum Gasteiger partial charge on any atom is 0.229 e. The zero-order valence-corrected chi connectivity index (χ0v) is 10.8. The third-order valence-corrected chi connectivity index (χ3v) is 3.95. The van der Waals surface area contributed by atoms with E-state index in [1.807, 2.05) is 18.7 Å². The molecule has 1 rings (SSSR count). The molecule has 0 heterocycles. The second-order valence-corrected chi connectivity index (χ2v) is 5.31. The Bertz CT molecular complexity index is 222. The van der Waals surface area contributed by atoms with E-state index in [9.17, 15) is 4.79 Å². The van der Waals surface area contributed by atoms with Crippen LogP contribution < -0.4 is 0 Å². The van der Waals surface area contributed by atoms with Crippen molar-refractivity contribution in [2.75, 3.05) is 12.4 Å². The van der Waals surface area contributed by atoms with Crippen molar-refractivity contribution in [1.29, 1.82) is 0 Å². The third-order valence-electron chi connectivity index (χ3n) is 3.28. The van der Waals surface area contributed by atoms with Crippen LogP contribution in [0.15, 0.2) is 0 Å². The Balaban J connectivity index is 2.69. The lowest BCUT2D eigenvalue weighted by Crippen LogP contribution is -2.46. The fourth-order valence-corrected chi connectivity index (χ4v) is 2.34. The van der Waals surface area contributed by atoms with Gasteiger partial charge < -0.3 is 4.90 Å². The van der Waals surface area contributed by atoms with Gasteiger partial charge in [0.15, 0.2) is 0 Å². The molecule has 0 aromatic heterocycles. The minimum absolute atomic E-state index is 0.215. The molecule has 88 valence electrons. The number of rotatable bonds is 4. The summed E-state index contributed by atoms with van der Waals surface area (Å²) in [4.78, 5) is 14.3. The van der Waals surface area contributed by atoms with Crippen molar-refractivity contribution in [3.8, 4) is 0 Å². The van der Waals surface area contributed by atoms with Gasteiger partial charge in [-0.3, -0.25) is 4.79 Å². The molecule has 1 aliphatic carbocycles. The van der Waals surface area contributed by atoms with Crippen molar-refractivity contribution >= 4 is 17.5 Å². The second-order valence-electron chi connectivity index (χ2n) is 5.05. The maximum atomic E-state index is 12.3. The van der Waals surface area contributed by atoms with Crippen LogP contribution in [0.1, 0.15) is 46.5 Å². The minimum atomic E-state index is -0.417. The number of nitrogens with zero attached hydrogens (tertiary/aromatic N) is 1. The molecule has 1 aliphatic rings. The van der Waals surface area contributed by atoms with Crippen LogP contribution in [-0.2, 0) is 4.79 Å². The van der Waals surface area contributed by atoms with Crippen LogP contribution in [0.2, 0.25) is 0 Å². The molecule has 0 atom stereocenters. The molecule has 0 aromatic carbocycles. The van der Waals surface area contributed by atoms with Gasteiger partial charge in [-0.2, -0.15) is 0 Å². The standard InChI is InChI=1S/C12H22ClNO/c1-4-14(10-7-5-6-8-10)11(15)12(2,3)9-13/h10H,4-9H2,1-3H3. The molecule has 2 nitrogen and oxygen atoms in total. The summed E-state index contributed by atoms with van der Waals surface area (Å²) in [6, 6.07) is 0.463. The number of carbonyl (C=O) groups is 1. The fourth-order valence-electron chi connectivity index (χ4n) is 2.23. The van der Waals surface area contributed by atoms with Crippen molar-refractivity contribution in [2.24, 2.45) is 5.41 Å². The summed E-state index contributed by atoms with van der Waals surface area (Å²) in [5.74, 6) is 0.613. The van der Waals surface area contributed by atoms with Crippen molar-refractivity contribution in [1.82, 2.24) is 4.90 Å². The highest BCUT2D eigenvalue weighted by atomic mass is 35.5. The number of alkyl halides is 1. The van der Waals surface area contributed by atoms with E-state index < -0.39 is 5.41 Å². The number of carbonyl (C=O) groups excluding carboxylic acids is 1. The number of hydrogen-bond acceptors (Lipinski definition) is 1. The molecule has 1 saturated carbocycles. The van der Waals surface area contributed by atoms with Crippen molar-refractivity contribution in [2.45, 2.75) is 52.5 Å². The van der Waals surface area contributed by atoms with Gasteiger partial charge in [-0.05, 0) is 33.6 Å². The van der Waals surface area contributed by atoms with Crippen LogP contribution in [0.5, 0.6) is 0 Å². The molecule has 15 heavy (non-hydrogen) atoms. The molecule has 0 aromatic rings. The van der Waals surface area contributed by atoms with Gasteiger partial charge >= 0.3 is 0 Å². The molecule has 0 bridgehead atoms. The number of hydrogen-bond donors (Lipinski definition) is 0. The highest BCUT2D eigenvalue weighted by Crippen LogP contribution is 2.28. The first-order valence-corrected chi connectivity index (χ1v) is 6.43. The molecule has 0 unspecified atom stereocenters. The summed E-state index contributed by atoms with van der Waals surface area (Å²) < 4.78 is 0. The zero-order chi connectivity index (χ0) is 11.5. The van der Waals surface area contributed by atoms with E-state index in [-0.39, 0.29) is 5.91 Å². The van der Waals surface area contributed by atoms with Gasteiger partial charge in [-0.25, -0.2) is 0 Å². The molecule has 3 heteroatoms. The van der Waals surface area contributed by atoms with Crippen molar-refractivity contribution in [3.63, 3.8) is 0 Å². The normalized spacial score (nSPS) is 18.1. The third kappa shape index (κ3) is 2.87. The Morgan fingerprint density at radius 1 is 1.40 bits per heavy atom. The largest absolute Gasteiger partial charge is 0.339 e. The second kappa shape index (κ2) is 5.20. The molecular weight excluding hydrogens is 210 g/mol. The van der Waals surface area contributed by atoms with Crippen LogP contribution in [-0.4, -0.2) is 29.3 Å². The van der Waals surface area contributed by atoms with Gasteiger partial charge in [0.25, 0.3) is 0 Å². The average molecular weight is 232 g/mol. The zero-order valence-electron chi connectivity index (χ0n) is 10.1. The lowest BCUT2D eigenvalue weighted by Gasteiger charge is -2.34. The molecule has 0 saturated heterocycles. The van der Waals surface area contributed by atoms with Crippen LogP contribution in [0.25, 0.3) is 0 Å². The Morgan fingerprint density at radius 2 is 1.93 bits per heavy atom. The number of amides is 1. The van der Waals surface area contributed by atoms with E-state index in [2.05, 4.69) is 6.92 Å². The summed E-state index contributed by atoms with van der Waals surface area (Å²) in [5.41, 5.74) is -0.417. The van der Waals surface area contributed by atoms with Gasteiger partial charge in [-0.1, -0.05) is 12.8 Å². The minimum Gasteiger partial charge on any atom is -0.339 e. The smallest absolute Gasteiger partial charge is 0.229 e. The first kappa shape index (κ1) is 12.8. The highest BCUT2D eigenvalue weighted by Gasteiger charge is 2.34. The lowest BCUT2D eigenvalue weighted by atomic mass is 9.93. The van der Waals surface area contributed by atoms with Crippen LogP contribution >= 0.6 is 11.6 Å². The Kier molecular flexibility index (Phi) is 4.45. The summed E-state index contributed by atoms with van der Waals surface area (Å²) in [7, 11) is 0. The van der Waals surface area contributed by atoms with E-state index in [1.54, 1.807) is 0 Å². The molecule has 0 spiro atoms. The van der Waals surface area contributed by atoms with Crippen LogP contribution in [0, 0.1) is 5.41 Å². The average Bonchev–Trinajstić information content (AvgIpc) is 2.72. The highest BCUT2D eigenvalue weighted by molar-refractivity contribution is 6.19. The molecule has 0 N–H and O–H groups in total. The monoisotopic (exact) mass is 231 g/mol. The first-order chi connectivity index (χ1) is 7.03. The predicted molar refractivity (Wildman–Crippen MR) is 64.1 cm³/mol. The number of halogens is 1. The quantitative estimate of drug-likeness (QED) is 0.681. The Hall–Kier alpha value is -0.240. The summed E-state index contributed by atoms with van der Waals surface area (Å²) in [5, 5.41) is 0. The van der Waals surface area contributed by atoms with Crippen LogP contribution in [0.3, 0.4) is 0 Å². The van der Waals surface area contributed by atoms with Crippen molar-refractivity contribution < 1.29 is 4.79 Å². The molecular formula is C12H22ClNO. The van der Waals surface area contributed by atoms with E-state index in [0.29, 0.717) is 11.9 Å². The SMILES string of the molecule is CCN(C(=O)C(C)(C)CCl)C1CCCC1. The lowest BCUT2D eigenvalue weighted by molar-refractivity contribution is -0.141. The topological polar surface area (TPSA) is 20.3 Å². The van der Waals surface area contributed by atoms with Gasteiger partial charge in [0, 0.05) is 18.5 Å². The predicted octanol–water partition coefficient (Wildman–Crippen LogP) is 3.04. The Labute approximate surface area is 98.0 Å². The van der Waals surface area contributed by atoms with E-state index in [0.717, 1.165) is 19.4 Å². The van der Waals surface area contributed by atoms with Crippen LogP contribution in [0.4, 0.5) is 0 Å². The van der Waals surface area contributed by atoms with Gasteiger partial charge in [0.05, 0.1) is 5.41 Å². The maximum absolute atomic E-state index is 12.3. The molecule has 0 aliphatic heterocycles. The van der Waals surface area contributed by atoms with E-state index in [1.165, 1.54) is 12.8 Å². The van der Waals surface area contributed by atoms with E-state index in [4.69, 9.17) is 11.6 Å². The van der Waals surface area contributed by atoms with Gasteiger partial charge in [0.1, 0.15) is 0 Å².